The molecule has 0 amide bonds. The Hall–Kier alpha value is -2.03. The smallest absolute Gasteiger partial charge is 0.123 e. The number of anilines is 2. The van der Waals surface area contributed by atoms with Gasteiger partial charge >= 0.3 is 0 Å². The van der Waals surface area contributed by atoms with E-state index < -0.39 is 0 Å². The Bertz CT molecular complexity index is 571. The zero-order valence-corrected chi connectivity index (χ0v) is 12.3. The predicted molar refractivity (Wildman–Crippen MR) is 86.3 cm³/mol. The lowest BCUT2D eigenvalue weighted by molar-refractivity contribution is 0.626. The van der Waals surface area contributed by atoms with Crippen molar-refractivity contribution in [3.8, 4) is 0 Å². The van der Waals surface area contributed by atoms with Crippen LogP contribution in [0.2, 0.25) is 0 Å². The average Bonchev–Trinajstić information content (AvgIpc) is 3.03. The molecule has 1 atom stereocenters. The molecule has 2 aromatic carbocycles. The fourth-order valence-electron chi connectivity index (χ4n) is 2.83. The fourth-order valence-corrected chi connectivity index (χ4v) is 2.83. The second-order valence-corrected chi connectivity index (χ2v) is 5.66. The summed E-state index contributed by atoms with van der Waals surface area (Å²) in [6, 6.07) is 15.4. The van der Waals surface area contributed by atoms with Crippen molar-refractivity contribution in [3.63, 3.8) is 0 Å². The van der Waals surface area contributed by atoms with E-state index in [-0.39, 0.29) is 11.9 Å². The third-order valence-corrected chi connectivity index (χ3v) is 4.09. The Morgan fingerprint density at radius 1 is 0.952 bits per heavy atom. The molecule has 1 aliphatic rings. The maximum atomic E-state index is 12.9. The van der Waals surface area contributed by atoms with Gasteiger partial charge < -0.3 is 10.2 Å². The van der Waals surface area contributed by atoms with Crippen molar-refractivity contribution in [2.24, 2.45) is 0 Å². The van der Waals surface area contributed by atoms with Crippen molar-refractivity contribution < 1.29 is 4.39 Å². The topological polar surface area (TPSA) is 15.3 Å². The quantitative estimate of drug-likeness (QED) is 0.882. The molecular weight excluding hydrogens is 263 g/mol. The monoisotopic (exact) mass is 284 g/mol. The van der Waals surface area contributed by atoms with Crippen LogP contribution in [-0.2, 0) is 0 Å². The molecule has 110 valence electrons. The molecule has 21 heavy (non-hydrogen) atoms. The number of hydrogen-bond acceptors (Lipinski definition) is 2. The Kier molecular flexibility index (Phi) is 4.09. The molecule has 1 N–H and O–H groups in total. The predicted octanol–water partition coefficient (Wildman–Crippen LogP) is 4.60. The standard InChI is InChI=1S/C18H21FN2/c1-14(15-4-6-16(19)7-5-15)20-17-8-10-18(11-9-17)21-12-2-3-13-21/h4-11,14,20H,2-3,12-13H2,1H3. The van der Waals surface area contributed by atoms with Crippen molar-refractivity contribution in [2.75, 3.05) is 23.3 Å². The number of nitrogens with one attached hydrogen (secondary N) is 1. The fraction of sp³-hybridized carbons (Fsp3) is 0.333. The number of benzene rings is 2. The molecular formula is C18H21FN2. The van der Waals surface area contributed by atoms with Crippen molar-refractivity contribution in [3.05, 3.63) is 59.9 Å². The molecule has 0 bridgehead atoms. The average molecular weight is 284 g/mol. The summed E-state index contributed by atoms with van der Waals surface area (Å²) in [7, 11) is 0. The third kappa shape index (κ3) is 3.35. The van der Waals surface area contributed by atoms with Gasteiger partial charge in [0.1, 0.15) is 5.82 Å². The van der Waals surface area contributed by atoms with Gasteiger partial charge in [-0.1, -0.05) is 12.1 Å². The van der Waals surface area contributed by atoms with Crippen LogP contribution in [0.25, 0.3) is 0 Å². The molecule has 0 aromatic heterocycles. The third-order valence-electron chi connectivity index (χ3n) is 4.09. The van der Waals surface area contributed by atoms with Gasteiger partial charge in [0.15, 0.2) is 0 Å². The number of nitrogens with zero attached hydrogens (tertiary/aromatic N) is 1. The normalized spacial score (nSPS) is 16.0. The molecule has 2 aromatic rings. The van der Waals surface area contributed by atoms with Crippen molar-refractivity contribution >= 4 is 11.4 Å². The van der Waals surface area contributed by atoms with E-state index >= 15 is 0 Å². The largest absolute Gasteiger partial charge is 0.379 e. The Morgan fingerprint density at radius 2 is 1.57 bits per heavy atom. The van der Waals surface area contributed by atoms with Gasteiger partial charge in [-0.15, -0.1) is 0 Å². The Labute approximate surface area is 125 Å². The minimum absolute atomic E-state index is 0.156. The van der Waals surface area contributed by atoms with E-state index in [0.717, 1.165) is 11.3 Å². The minimum atomic E-state index is -0.194. The van der Waals surface area contributed by atoms with Crippen molar-refractivity contribution in [1.82, 2.24) is 0 Å². The van der Waals surface area contributed by atoms with Gasteiger partial charge in [-0.25, -0.2) is 4.39 Å². The van der Waals surface area contributed by atoms with E-state index in [1.165, 1.54) is 43.8 Å². The number of rotatable bonds is 4. The molecule has 1 fully saturated rings. The van der Waals surface area contributed by atoms with Gasteiger partial charge in [0.05, 0.1) is 0 Å². The number of hydrogen-bond donors (Lipinski definition) is 1. The molecule has 3 heteroatoms. The van der Waals surface area contributed by atoms with E-state index in [9.17, 15) is 4.39 Å². The summed E-state index contributed by atoms with van der Waals surface area (Å²) in [6.07, 6.45) is 2.59. The van der Waals surface area contributed by atoms with Crippen LogP contribution in [0.15, 0.2) is 48.5 Å². The van der Waals surface area contributed by atoms with Gasteiger partial charge in [0, 0.05) is 30.5 Å². The zero-order chi connectivity index (χ0) is 14.7. The molecule has 1 heterocycles. The van der Waals surface area contributed by atoms with E-state index in [1.807, 2.05) is 12.1 Å². The molecule has 0 saturated carbocycles. The highest BCUT2D eigenvalue weighted by atomic mass is 19.1. The lowest BCUT2D eigenvalue weighted by atomic mass is 10.1. The summed E-state index contributed by atoms with van der Waals surface area (Å²) in [5, 5.41) is 3.45. The summed E-state index contributed by atoms with van der Waals surface area (Å²) < 4.78 is 12.9. The summed E-state index contributed by atoms with van der Waals surface area (Å²) in [6.45, 7) is 4.42. The lowest BCUT2D eigenvalue weighted by Crippen LogP contribution is -2.17. The first-order chi connectivity index (χ1) is 10.2. The highest BCUT2D eigenvalue weighted by molar-refractivity contribution is 5.56. The van der Waals surface area contributed by atoms with E-state index in [0.29, 0.717) is 0 Å². The molecule has 0 spiro atoms. The lowest BCUT2D eigenvalue weighted by Gasteiger charge is -2.19. The molecule has 1 unspecified atom stereocenters. The summed E-state index contributed by atoms with van der Waals surface area (Å²) >= 11 is 0. The van der Waals surface area contributed by atoms with Crippen LogP contribution in [0.1, 0.15) is 31.4 Å². The Balaban J connectivity index is 1.65. The van der Waals surface area contributed by atoms with Crippen LogP contribution in [-0.4, -0.2) is 13.1 Å². The van der Waals surface area contributed by atoms with Gasteiger partial charge in [0.2, 0.25) is 0 Å². The van der Waals surface area contributed by atoms with Crippen LogP contribution in [0.5, 0.6) is 0 Å². The van der Waals surface area contributed by atoms with E-state index in [2.05, 4.69) is 41.4 Å². The van der Waals surface area contributed by atoms with Crippen LogP contribution in [0.3, 0.4) is 0 Å². The van der Waals surface area contributed by atoms with Crippen LogP contribution >= 0.6 is 0 Å². The molecule has 2 nitrogen and oxygen atoms in total. The molecule has 0 radical (unpaired) electrons. The summed E-state index contributed by atoms with van der Waals surface area (Å²) in [4.78, 5) is 2.42. The zero-order valence-electron chi connectivity index (χ0n) is 12.3. The van der Waals surface area contributed by atoms with Crippen LogP contribution < -0.4 is 10.2 Å². The highest BCUT2D eigenvalue weighted by Crippen LogP contribution is 2.24. The van der Waals surface area contributed by atoms with Crippen LogP contribution in [0.4, 0.5) is 15.8 Å². The SMILES string of the molecule is CC(Nc1ccc(N2CCCC2)cc1)c1ccc(F)cc1. The van der Waals surface area contributed by atoms with Gasteiger partial charge in [0.25, 0.3) is 0 Å². The maximum absolute atomic E-state index is 12.9. The van der Waals surface area contributed by atoms with Crippen molar-refractivity contribution in [1.29, 1.82) is 0 Å². The van der Waals surface area contributed by atoms with Gasteiger partial charge in [-0.2, -0.15) is 0 Å². The highest BCUT2D eigenvalue weighted by Gasteiger charge is 2.12. The second-order valence-electron chi connectivity index (χ2n) is 5.66. The van der Waals surface area contributed by atoms with Crippen molar-refractivity contribution in [2.45, 2.75) is 25.8 Å². The van der Waals surface area contributed by atoms with Crippen LogP contribution in [0, 0.1) is 5.82 Å². The first kappa shape index (κ1) is 13.9. The first-order valence-electron chi connectivity index (χ1n) is 7.59. The van der Waals surface area contributed by atoms with Gasteiger partial charge in [-0.3, -0.25) is 0 Å². The molecule has 0 aliphatic carbocycles. The minimum Gasteiger partial charge on any atom is -0.379 e. The number of halogens is 1. The summed E-state index contributed by atoms with van der Waals surface area (Å²) in [5.41, 5.74) is 3.47. The van der Waals surface area contributed by atoms with E-state index in [4.69, 9.17) is 0 Å². The second kappa shape index (κ2) is 6.17. The Morgan fingerprint density at radius 3 is 2.19 bits per heavy atom. The molecule has 3 rings (SSSR count). The maximum Gasteiger partial charge on any atom is 0.123 e. The summed E-state index contributed by atoms with van der Waals surface area (Å²) in [5.74, 6) is -0.194. The molecule has 1 aliphatic heterocycles. The van der Waals surface area contributed by atoms with E-state index in [1.54, 1.807) is 0 Å². The first-order valence-corrected chi connectivity index (χ1v) is 7.59. The van der Waals surface area contributed by atoms with Gasteiger partial charge in [-0.05, 0) is 61.7 Å². The molecule has 1 saturated heterocycles.